The number of halogens is 1. The minimum atomic E-state index is -1.14. The van der Waals surface area contributed by atoms with E-state index in [1.54, 1.807) is 6.92 Å². The van der Waals surface area contributed by atoms with Crippen molar-refractivity contribution in [2.24, 2.45) is 0 Å². The second-order valence-corrected chi connectivity index (χ2v) is 3.57. The highest BCUT2D eigenvalue weighted by molar-refractivity contribution is 9.09. The summed E-state index contributed by atoms with van der Waals surface area (Å²) in [6.07, 6.45) is -3.68. The molecule has 3 N–H and O–H groups in total. The van der Waals surface area contributed by atoms with Crippen LogP contribution in [-0.4, -0.2) is 44.7 Å². The second kappa shape index (κ2) is 3.37. The Hall–Kier alpha value is 0.320. The molecule has 0 saturated carbocycles. The molecular formula is C6H11BrO4. The van der Waals surface area contributed by atoms with Crippen LogP contribution in [-0.2, 0) is 4.74 Å². The van der Waals surface area contributed by atoms with Crippen molar-refractivity contribution >= 4 is 15.9 Å². The topological polar surface area (TPSA) is 69.9 Å². The molecular weight excluding hydrogens is 216 g/mol. The molecule has 0 spiro atoms. The summed E-state index contributed by atoms with van der Waals surface area (Å²) in [5.41, 5.74) is 0. The number of hydrogen-bond acceptors (Lipinski definition) is 4. The molecule has 5 atom stereocenters. The first-order valence-electron chi connectivity index (χ1n) is 3.37. The van der Waals surface area contributed by atoms with Gasteiger partial charge in [-0.25, -0.2) is 0 Å². The van der Waals surface area contributed by atoms with E-state index in [-0.39, 0.29) is 0 Å². The van der Waals surface area contributed by atoms with E-state index in [0.717, 1.165) is 0 Å². The fourth-order valence-corrected chi connectivity index (χ4v) is 1.65. The molecule has 66 valence electrons. The molecule has 0 amide bonds. The fraction of sp³-hybridized carbons (Fsp3) is 1.00. The Morgan fingerprint density at radius 2 is 1.64 bits per heavy atom. The summed E-state index contributed by atoms with van der Waals surface area (Å²) < 4.78 is 5.04. The van der Waals surface area contributed by atoms with E-state index in [2.05, 4.69) is 15.9 Å². The Morgan fingerprint density at radius 1 is 1.09 bits per heavy atom. The molecule has 0 unspecified atom stereocenters. The Kier molecular flexibility index (Phi) is 2.88. The average molecular weight is 227 g/mol. The lowest BCUT2D eigenvalue weighted by Gasteiger charge is -2.36. The SMILES string of the molecule is C[C@@H]1O[C@@H](Br)[C@H](O)[C@H](O)[C@H]1O. The maximum Gasteiger partial charge on any atom is 0.141 e. The van der Waals surface area contributed by atoms with Gasteiger partial charge < -0.3 is 20.1 Å². The number of alkyl halides is 1. The smallest absolute Gasteiger partial charge is 0.141 e. The van der Waals surface area contributed by atoms with E-state index in [1.807, 2.05) is 0 Å². The van der Waals surface area contributed by atoms with Gasteiger partial charge in [0.1, 0.15) is 23.3 Å². The molecule has 1 heterocycles. The average Bonchev–Trinajstić information content (AvgIpc) is 1.97. The van der Waals surface area contributed by atoms with Crippen LogP contribution >= 0.6 is 15.9 Å². The lowest BCUT2D eigenvalue weighted by atomic mass is 10.0. The van der Waals surface area contributed by atoms with Crippen LogP contribution in [0.25, 0.3) is 0 Å². The summed E-state index contributed by atoms with van der Waals surface area (Å²) >= 11 is 3.02. The third-order valence-corrected chi connectivity index (χ3v) is 2.55. The summed E-state index contributed by atoms with van der Waals surface area (Å²) in [5, 5.41) is 26.9. The molecule has 1 fully saturated rings. The predicted octanol–water partition coefficient (Wildman–Crippen LogP) is -0.791. The highest BCUT2D eigenvalue weighted by atomic mass is 79.9. The van der Waals surface area contributed by atoms with Gasteiger partial charge in [0, 0.05) is 0 Å². The van der Waals surface area contributed by atoms with Gasteiger partial charge in [0.2, 0.25) is 0 Å². The number of ether oxygens (including phenoxy) is 1. The lowest BCUT2D eigenvalue weighted by Crippen LogP contribution is -2.54. The zero-order chi connectivity index (χ0) is 8.59. The maximum absolute atomic E-state index is 9.18. The van der Waals surface area contributed by atoms with Gasteiger partial charge in [0.05, 0.1) is 6.10 Å². The van der Waals surface area contributed by atoms with Crippen molar-refractivity contribution in [2.75, 3.05) is 0 Å². The van der Waals surface area contributed by atoms with Crippen LogP contribution < -0.4 is 0 Å². The molecule has 0 aromatic rings. The first-order valence-corrected chi connectivity index (χ1v) is 4.29. The third kappa shape index (κ3) is 1.73. The Labute approximate surface area is 72.9 Å². The summed E-state index contributed by atoms with van der Waals surface area (Å²) in [7, 11) is 0. The molecule has 0 radical (unpaired) electrons. The first-order chi connectivity index (χ1) is 5.04. The summed E-state index contributed by atoms with van der Waals surface area (Å²) in [4.78, 5) is 0. The molecule has 1 aliphatic heterocycles. The van der Waals surface area contributed by atoms with Gasteiger partial charge in [-0.15, -0.1) is 0 Å². The van der Waals surface area contributed by atoms with Crippen molar-refractivity contribution in [1.29, 1.82) is 0 Å². The van der Waals surface area contributed by atoms with Gasteiger partial charge >= 0.3 is 0 Å². The van der Waals surface area contributed by atoms with E-state index < -0.39 is 29.4 Å². The normalized spacial score (nSPS) is 52.6. The predicted molar refractivity (Wildman–Crippen MR) is 41.3 cm³/mol. The van der Waals surface area contributed by atoms with Gasteiger partial charge in [-0.1, -0.05) is 15.9 Å². The number of hydrogen-bond donors (Lipinski definition) is 3. The van der Waals surface area contributed by atoms with Gasteiger partial charge in [0.25, 0.3) is 0 Å². The molecule has 0 aromatic carbocycles. The van der Waals surface area contributed by atoms with Crippen molar-refractivity contribution < 1.29 is 20.1 Å². The fourth-order valence-electron chi connectivity index (χ4n) is 1.00. The van der Waals surface area contributed by atoms with Gasteiger partial charge in [0.15, 0.2) is 0 Å². The first kappa shape index (κ1) is 9.41. The molecule has 11 heavy (non-hydrogen) atoms. The van der Waals surface area contributed by atoms with E-state index in [0.29, 0.717) is 0 Å². The van der Waals surface area contributed by atoms with E-state index >= 15 is 0 Å². The zero-order valence-electron chi connectivity index (χ0n) is 6.01. The summed E-state index contributed by atoms with van der Waals surface area (Å²) in [6.45, 7) is 1.63. The lowest BCUT2D eigenvalue weighted by molar-refractivity contribution is -0.190. The monoisotopic (exact) mass is 226 g/mol. The van der Waals surface area contributed by atoms with Crippen LogP contribution in [0.1, 0.15) is 6.92 Å². The van der Waals surface area contributed by atoms with Gasteiger partial charge in [-0.05, 0) is 6.92 Å². The Balaban J connectivity index is 2.63. The minimum Gasteiger partial charge on any atom is -0.388 e. The van der Waals surface area contributed by atoms with Crippen LogP contribution in [0.4, 0.5) is 0 Å². The van der Waals surface area contributed by atoms with Crippen molar-refractivity contribution in [2.45, 2.75) is 36.4 Å². The van der Waals surface area contributed by atoms with Crippen LogP contribution in [0.2, 0.25) is 0 Å². The van der Waals surface area contributed by atoms with Gasteiger partial charge in [-0.2, -0.15) is 0 Å². The number of aliphatic hydroxyl groups is 3. The molecule has 1 saturated heterocycles. The van der Waals surface area contributed by atoms with E-state index in [4.69, 9.17) is 9.84 Å². The van der Waals surface area contributed by atoms with Gasteiger partial charge in [-0.3, -0.25) is 0 Å². The molecule has 0 aromatic heterocycles. The van der Waals surface area contributed by atoms with Crippen molar-refractivity contribution in [1.82, 2.24) is 0 Å². The minimum absolute atomic E-state index is 0.460. The van der Waals surface area contributed by atoms with Crippen molar-refractivity contribution in [3.05, 3.63) is 0 Å². The van der Waals surface area contributed by atoms with E-state index in [9.17, 15) is 10.2 Å². The molecule has 5 heteroatoms. The third-order valence-electron chi connectivity index (χ3n) is 1.79. The summed E-state index contributed by atoms with van der Waals surface area (Å²) in [6, 6.07) is 0. The van der Waals surface area contributed by atoms with Crippen LogP contribution in [0.5, 0.6) is 0 Å². The largest absolute Gasteiger partial charge is 0.388 e. The van der Waals surface area contributed by atoms with Crippen molar-refractivity contribution in [3.8, 4) is 0 Å². The zero-order valence-corrected chi connectivity index (χ0v) is 7.60. The van der Waals surface area contributed by atoms with Crippen LogP contribution in [0.3, 0.4) is 0 Å². The molecule has 1 aliphatic rings. The van der Waals surface area contributed by atoms with Crippen LogP contribution in [0.15, 0.2) is 0 Å². The second-order valence-electron chi connectivity index (χ2n) is 2.66. The van der Waals surface area contributed by atoms with Crippen molar-refractivity contribution in [3.63, 3.8) is 0 Å². The van der Waals surface area contributed by atoms with E-state index in [1.165, 1.54) is 0 Å². The quantitative estimate of drug-likeness (QED) is 0.474. The molecule has 1 rings (SSSR count). The summed E-state index contributed by atoms with van der Waals surface area (Å²) in [5.74, 6) is 0. The standard InChI is InChI=1S/C6H11BrO4/c1-2-3(8)4(9)5(10)6(7)11-2/h2-6,8-10H,1H3/t2-,3-,4+,5+,6+/m0/s1. The number of aliphatic hydroxyl groups excluding tert-OH is 3. The highest BCUT2D eigenvalue weighted by Gasteiger charge is 2.40. The maximum atomic E-state index is 9.18. The highest BCUT2D eigenvalue weighted by Crippen LogP contribution is 2.23. The Bertz CT molecular complexity index is 129. The molecule has 0 aliphatic carbocycles. The van der Waals surface area contributed by atoms with Crippen LogP contribution in [0, 0.1) is 0 Å². The Morgan fingerprint density at radius 3 is 2.18 bits per heavy atom. The molecule has 4 nitrogen and oxygen atoms in total. The molecule has 0 bridgehead atoms. The number of rotatable bonds is 0.